The maximum Gasteiger partial charge on any atom is 0.253 e. The van der Waals surface area contributed by atoms with Crippen LogP contribution in [0.15, 0.2) is 24.3 Å². The molecule has 6 fully saturated rings. The van der Waals surface area contributed by atoms with Crippen LogP contribution in [-0.2, 0) is 11.3 Å². The number of carbonyl (C=O) groups is 2. The van der Waals surface area contributed by atoms with Gasteiger partial charge in [0.05, 0.1) is 5.41 Å². The number of hydrogen-bond donors (Lipinski definition) is 0. The number of piperidine rings is 1. The van der Waals surface area contributed by atoms with Crippen molar-refractivity contribution in [2.45, 2.75) is 64.3 Å². The fourth-order valence-corrected chi connectivity index (χ4v) is 8.13. The second-order valence-electron chi connectivity index (χ2n) is 11.8. The van der Waals surface area contributed by atoms with Gasteiger partial charge in [-0.05, 0) is 99.9 Å². The fraction of sp³-hybridized carbons (Fsp3) is 0.714. The van der Waals surface area contributed by atoms with E-state index in [4.69, 9.17) is 0 Å². The van der Waals surface area contributed by atoms with Crippen LogP contribution in [0.5, 0.6) is 0 Å². The Morgan fingerprint density at radius 3 is 1.85 bits per heavy atom. The normalized spacial score (nSPS) is 34.0. The van der Waals surface area contributed by atoms with Crippen molar-refractivity contribution in [3.63, 3.8) is 0 Å². The third-order valence-corrected chi connectivity index (χ3v) is 9.40. The van der Waals surface area contributed by atoms with Crippen molar-refractivity contribution in [3.8, 4) is 0 Å². The first kappa shape index (κ1) is 21.6. The van der Waals surface area contributed by atoms with Gasteiger partial charge < -0.3 is 9.80 Å². The van der Waals surface area contributed by atoms with E-state index in [2.05, 4.69) is 21.9 Å². The number of nitrogens with zero attached hydrogens (tertiary/aromatic N) is 3. The van der Waals surface area contributed by atoms with Gasteiger partial charge in [0, 0.05) is 38.3 Å². The van der Waals surface area contributed by atoms with Crippen molar-refractivity contribution < 1.29 is 9.59 Å². The highest BCUT2D eigenvalue weighted by Crippen LogP contribution is 2.60. The summed E-state index contributed by atoms with van der Waals surface area (Å²) in [4.78, 5) is 33.3. The van der Waals surface area contributed by atoms with Gasteiger partial charge in [-0.2, -0.15) is 0 Å². The molecule has 5 nitrogen and oxygen atoms in total. The molecule has 6 aliphatic rings. The van der Waals surface area contributed by atoms with Crippen LogP contribution in [-0.4, -0.2) is 65.8 Å². The maximum atomic E-state index is 13.6. The SMILES string of the molecule is O=C(c1ccc(CN2CCCCC2)cc1)N1CCN(C(=O)C23CC4CC(CC(C4)C2)C3)CC1. The third-order valence-electron chi connectivity index (χ3n) is 9.40. The summed E-state index contributed by atoms with van der Waals surface area (Å²) >= 11 is 0. The molecule has 4 saturated carbocycles. The number of rotatable bonds is 4. The Bertz CT molecular complexity index is 846. The van der Waals surface area contributed by atoms with Crippen LogP contribution in [0.1, 0.15) is 73.7 Å². The van der Waals surface area contributed by atoms with E-state index < -0.39 is 0 Å². The van der Waals surface area contributed by atoms with Crippen LogP contribution in [0.3, 0.4) is 0 Å². The van der Waals surface area contributed by atoms with Gasteiger partial charge in [0.15, 0.2) is 0 Å². The molecular weight excluding hydrogens is 410 g/mol. The highest BCUT2D eigenvalue weighted by Gasteiger charge is 2.55. The number of hydrogen-bond acceptors (Lipinski definition) is 3. The molecule has 7 rings (SSSR count). The van der Waals surface area contributed by atoms with Gasteiger partial charge in [-0.25, -0.2) is 0 Å². The minimum Gasteiger partial charge on any atom is -0.339 e. The smallest absolute Gasteiger partial charge is 0.253 e. The lowest BCUT2D eigenvalue weighted by Gasteiger charge is -2.57. The molecule has 4 aliphatic carbocycles. The lowest BCUT2D eigenvalue weighted by molar-refractivity contribution is -0.159. The first-order chi connectivity index (χ1) is 16.1. The number of likely N-dealkylation sites (tertiary alicyclic amines) is 1. The first-order valence-electron chi connectivity index (χ1n) is 13.5. The van der Waals surface area contributed by atoms with E-state index in [0.29, 0.717) is 32.1 Å². The Morgan fingerprint density at radius 2 is 1.27 bits per heavy atom. The fourth-order valence-electron chi connectivity index (χ4n) is 8.13. The molecule has 1 aromatic rings. The Morgan fingerprint density at radius 1 is 0.727 bits per heavy atom. The van der Waals surface area contributed by atoms with Crippen molar-refractivity contribution in [2.24, 2.45) is 23.2 Å². The van der Waals surface area contributed by atoms with E-state index in [1.54, 1.807) is 0 Å². The Balaban J connectivity index is 1.04. The van der Waals surface area contributed by atoms with Gasteiger partial charge in [0.1, 0.15) is 0 Å². The van der Waals surface area contributed by atoms with Crippen molar-refractivity contribution in [2.75, 3.05) is 39.3 Å². The highest BCUT2D eigenvalue weighted by atomic mass is 16.2. The van der Waals surface area contributed by atoms with Gasteiger partial charge in [-0.3, -0.25) is 14.5 Å². The third kappa shape index (κ3) is 4.22. The summed E-state index contributed by atoms with van der Waals surface area (Å²) in [7, 11) is 0. The molecule has 1 aromatic carbocycles. The molecule has 0 unspecified atom stereocenters. The quantitative estimate of drug-likeness (QED) is 0.693. The van der Waals surface area contributed by atoms with E-state index in [1.165, 1.54) is 57.2 Å². The topological polar surface area (TPSA) is 43.9 Å². The molecule has 2 amide bonds. The average molecular weight is 450 g/mol. The zero-order chi connectivity index (χ0) is 22.4. The molecule has 2 heterocycles. The molecular formula is C28H39N3O2. The first-order valence-corrected chi connectivity index (χ1v) is 13.5. The number of piperazine rings is 1. The second-order valence-corrected chi connectivity index (χ2v) is 11.8. The Kier molecular flexibility index (Phi) is 5.72. The number of carbonyl (C=O) groups excluding carboxylic acids is 2. The molecule has 0 aromatic heterocycles. The summed E-state index contributed by atoms with van der Waals surface area (Å²) in [6.07, 6.45) is 11.4. The highest BCUT2D eigenvalue weighted by molar-refractivity contribution is 5.94. The molecule has 0 atom stereocenters. The van der Waals surface area contributed by atoms with Gasteiger partial charge in [0.2, 0.25) is 5.91 Å². The van der Waals surface area contributed by atoms with Gasteiger partial charge >= 0.3 is 0 Å². The summed E-state index contributed by atoms with van der Waals surface area (Å²) in [5.74, 6) is 2.90. The monoisotopic (exact) mass is 449 g/mol. The molecule has 0 radical (unpaired) electrons. The summed E-state index contributed by atoms with van der Waals surface area (Å²) in [5.41, 5.74) is 2.00. The zero-order valence-corrected chi connectivity index (χ0v) is 20.0. The lowest BCUT2D eigenvalue weighted by Crippen LogP contribution is -2.58. The standard InChI is InChI=1S/C28H39N3O2/c32-26(25-6-4-21(5-7-25)20-29-8-2-1-3-9-29)30-10-12-31(13-11-30)27(33)28-17-22-14-23(18-28)16-24(15-22)19-28/h4-7,22-24H,1-3,8-20H2. The zero-order valence-electron chi connectivity index (χ0n) is 20.0. The van der Waals surface area contributed by atoms with E-state index in [9.17, 15) is 9.59 Å². The molecule has 2 saturated heterocycles. The lowest BCUT2D eigenvalue weighted by atomic mass is 9.49. The average Bonchev–Trinajstić information content (AvgIpc) is 2.84. The second kappa shape index (κ2) is 8.72. The molecule has 0 N–H and O–H groups in total. The number of amides is 2. The van der Waals surface area contributed by atoms with Crippen LogP contribution in [0.2, 0.25) is 0 Å². The summed E-state index contributed by atoms with van der Waals surface area (Å²) < 4.78 is 0. The van der Waals surface area contributed by atoms with E-state index >= 15 is 0 Å². The molecule has 178 valence electrons. The van der Waals surface area contributed by atoms with Crippen LogP contribution < -0.4 is 0 Å². The minimum absolute atomic E-state index is 0.0644. The van der Waals surface area contributed by atoms with Gasteiger partial charge in [0.25, 0.3) is 5.91 Å². The Labute approximate surface area is 198 Å². The molecule has 4 bridgehead atoms. The van der Waals surface area contributed by atoms with Crippen LogP contribution in [0, 0.1) is 23.2 Å². The van der Waals surface area contributed by atoms with Gasteiger partial charge in [-0.1, -0.05) is 18.6 Å². The molecule has 5 heteroatoms. The maximum absolute atomic E-state index is 13.6. The van der Waals surface area contributed by atoms with Crippen molar-refractivity contribution in [1.82, 2.24) is 14.7 Å². The predicted octanol–water partition coefficient (Wildman–Crippen LogP) is 4.17. The summed E-state index contributed by atoms with van der Waals surface area (Å²) in [6.45, 7) is 6.07. The van der Waals surface area contributed by atoms with Crippen LogP contribution in [0.25, 0.3) is 0 Å². The van der Waals surface area contributed by atoms with Crippen molar-refractivity contribution in [3.05, 3.63) is 35.4 Å². The summed E-state index contributed by atoms with van der Waals surface area (Å²) in [6, 6.07) is 8.23. The van der Waals surface area contributed by atoms with E-state index in [1.807, 2.05) is 17.0 Å². The predicted molar refractivity (Wildman–Crippen MR) is 129 cm³/mol. The molecule has 2 aliphatic heterocycles. The van der Waals surface area contributed by atoms with E-state index in [-0.39, 0.29) is 11.3 Å². The molecule has 0 spiro atoms. The summed E-state index contributed by atoms with van der Waals surface area (Å²) in [5, 5.41) is 0. The largest absolute Gasteiger partial charge is 0.339 e. The van der Waals surface area contributed by atoms with Gasteiger partial charge in [-0.15, -0.1) is 0 Å². The minimum atomic E-state index is -0.0644. The number of benzene rings is 1. The van der Waals surface area contributed by atoms with Crippen LogP contribution in [0.4, 0.5) is 0 Å². The van der Waals surface area contributed by atoms with Crippen molar-refractivity contribution >= 4 is 11.8 Å². The van der Waals surface area contributed by atoms with Crippen molar-refractivity contribution in [1.29, 1.82) is 0 Å². The molecule has 33 heavy (non-hydrogen) atoms. The van der Waals surface area contributed by atoms with E-state index in [0.717, 1.165) is 49.1 Å². The van der Waals surface area contributed by atoms with Crippen LogP contribution >= 0.6 is 0 Å². The Hall–Kier alpha value is -1.88.